The van der Waals surface area contributed by atoms with E-state index in [1.54, 1.807) is 31.4 Å². The molecule has 0 aliphatic heterocycles. The Morgan fingerprint density at radius 2 is 1.54 bits per heavy atom. The average molecular weight is 630 g/mol. The topological polar surface area (TPSA) is 121 Å². The maximum atomic E-state index is 11.4. The molecule has 3 aromatic carbocycles. The molecule has 3 rings (SSSR count). The van der Waals surface area contributed by atoms with E-state index in [4.69, 9.17) is 29.1 Å². The van der Waals surface area contributed by atoms with Crippen LogP contribution in [0.5, 0.6) is 11.5 Å². The van der Waals surface area contributed by atoms with E-state index in [0.29, 0.717) is 37.4 Å². The second-order valence-corrected chi connectivity index (χ2v) is 9.96. The van der Waals surface area contributed by atoms with Crippen LogP contribution in [0.2, 0.25) is 0 Å². The van der Waals surface area contributed by atoms with Gasteiger partial charge in [0.15, 0.2) is 6.10 Å². The number of unbranched alkanes of at least 4 members (excludes halogenated alkanes) is 1. The van der Waals surface area contributed by atoms with Crippen LogP contribution in [-0.2, 0) is 30.2 Å². The summed E-state index contributed by atoms with van der Waals surface area (Å²) in [7, 11) is 1.64. The molecule has 0 aliphatic carbocycles. The summed E-state index contributed by atoms with van der Waals surface area (Å²) in [5.41, 5.74) is 4.98. The Kier molecular flexibility index (Phi) is 17.5. The lowest BCUT2D eigenvalue weighted by Gasteiger charge is -2.18. The smallest absolute Gasteiger partial charge is 0.330 e. The first-order valence-corrected chi connectivity index (χ1v) is 15.0. The Morgan fingerprint density at radius 3 is 2.15 bits per heavy atom. The number of carbonyl (C=O) groups is 3. The summed E-state index contributed by atoms with van der Waals surface area (Å²) in [5.74, 6) is 0.305. The first-order valence-electron chi connectivity index (χ1n) is 15.0. The highest BCUT2D eigenvalue weighted by Gasteiger charge is 2.14. The molecule has 46 heavy (non-hydrogen) atoms. The number of nitrogens with one attached hydrogen (secondary N) is 1. The molecule has 1 N–H and O–H groups in total. The van der Waals surface area contributed by atoms with Gasteiger partial charge in [0.2, 0.25) is 0 Å². The molecule has 1 atom stereocenters. The SMILES string of the molecule is C=CC(=O)OCCCCOCC(COc1ccc(C=O)cc1)OC(=O)C=C.CCCc1ccc(-c2ccc(OC)cc2C=N)cc1. The van der Waals surface area contributed by atoms with Crippen LogP contribution in [0, 0.1) is 5.41 Å². The van der Waals surface area contributed by atoms with E-state index in [1.165, 1.54) is 11.8 Å². The van der Waals surface area contributed by atoms with Gasteiger partial charge in [-0.05, 0) is 72.4 Å². The number of hydrogen-bond acceptors (Lipinski definition) is 9. The Hall–Kier alpha value is -5.02. The minimum absolute atomic E-state index is 0.0942. The van der Waals surface area contributed by atoms with Crippen molar-refractivity contribution in [2.45, 2.75) is 38.7 Å². The van der Waals surface area contributed by atoms with Crippen LogP contribution in [0.3, 0.4) is 0 Å². The second-order valence-electron chi connectivity index (χ2n) is 9.96. The fourth-order valence-corrected chi connectivity index (χ4v) is 4.10. The van der Waals surface area contributed by atoms with Gasteiger partial charge in [0.05, 0.1) is 20.3 Å². The highest BCUT2D eigenvalue weighted by Crippen LogP contribution is 2.27. The number of aryl methyl sites for hydroxylation is 1. The first-order chi connectivity index (χ1) is 22.4. The normalized spacial score (nSPS) is 10.7. The van der Waals surface area contributed by atoms with Crippen molar-refractivity contribution in [3.05, 3.63) is 109 Å². The van der Waals surface area contributed by atoms with E-state index in [1.807, 2.05) is 18.2 Å². The van der Waals surface area contributed by atoms with Gasteiger partial charge in [-0.25, -0.2) is 9.59 Å². The van der Waals surface area contributed by atoms with E-state index in [0.717, 1.165) is 53.7 Å². The molecular formula is C37H43NO8. The standard InChI is InChI=1S/C20H24O7.C17H19NO/c1-3-19(22)25-12-6-5-11-24-14-18(27-20(23)4-2)15-26-17-9-7-16(13-21)8-10-17;1-3-4-13-5-7-14(8-6-13)17-10-9-16(19-2)11-15(17)12-18/h3-4,7-10,13,18H,1-2,5-6,11-12,14-15H2;5-12,18H,3-4H2,1-2H3. The highest BCUT2D eigenvalue weighted by molar-refractivity contribution is 5.89. The third-order valence-electron chi connectivity index (χ3n) is 6.52. The van der Waals surface area contributed by atoms with Gasteiger partial charge < -0.3 is 29.1 Å². The molecule has 9 heteroatoms. The summed E-state index contributed by atoms with van der Waals surface area (Å²) in [6, 6.07) is 21.0. The molecule has 3 aromatic rings. The largest absolute Gasteiger partial charge is 0.497 e. The summed E-state index contributed by atoms with van der Waals surface area (Å²) in [5, 5.41) is 7.53. The molecule has 0 fully saturated rings. The van der Waals surface area contributed by atoms with Crippen molar-refractivity contribution in [3.63, 3.8) is 0 Å². The number of ether oxygens (including phenoxy) is 5. The van der Waals surface area contributed by atoms with Crippen molar-refractivity contribution in [3.8, 4) is 22.6 Å². The first kappa shape index (κ1) is 37.2. The van der Waals surface area contributed by atoms with Crippen LogP contribution < -0.4 is 9.47 Å². The molecule has 0 bridgehead atoms. The highest BCUT2D eigenvalue weighted by atomic mass is 16.6. The molecule has 0 saturated carbocycles. The number of carbonyl (C=O) groups excluding carboxylic acids is 3. The number of benzene rings is 3. The molecule has 0 radical (unpaired) electrons. The Morgan fingerprint density at radius 1 is 0.870 bits per heavy atom. The van der Waals surface area contributed by atoms with Gasteiger partial charge in [0, 0.05) is 36.1 Å². The van der Waals surface area contributed by atoms with E-state index in [-0.39, 0.29) is 13.2 Å². The minimum atomic E-state index is -0.611. The van der Waals surface area contributed by atoms with Crippen LogP contribution in [0.15, 0.2) is 92.0 Å². The monoisotopic (exact) mass is 629 g/mol. The van der Waals surface area contributed by atoms with Crippen LogP contribution in [0.25, 0.3) is 11.1 Å². The molecule has 0 spiro atoms. The summed E-state index contributed by atoms with van der Waals surface area (Å²) >= 11 is 0. The van der Waals surface area contributed by atoms with Crippen molar-refractivity contribution in [2.24, 2.45) is 0 Å². The summed E-state index contributed by atoms with van der Waals surface area (Å²) in [6.45, 7) is 9.82. The quantitative estimate of drug-likeness (QED) is 0.0505. The average Bonchev–Trinajstić information content (AvgIpc) is 3.10. The summed E-state index contributed by atoms with van der Waals surface area (Å²) < 4.78 is 26.3. The minimum Gasteiger partial charge on any atom is -0.497 e. The number of esters is 2. The Labute approximate surface area is 271 Å². The lowest BCUT2D eigenvalue weighted by molar-refractivity contribution is -0.148. The van der Waals surface area contributed by atoms with Gasteiger partial charge in [-0.2, -0.15) is 0 Å². The van der Waals surface area contributed by atoms with Gasteiger partial charge in [-0.15, -0.1) is 0 Å². The predicted octanol–water partition coefficient (Wildman–Crippen LogP) is 6.81. The predicted molar refractivity (Wildman–Crippen MR) is 179 cm³/mol. The summed E-state index contributed by atoms with van der Waals surface area (Å²) in [6.07, 6.45) is 7.29. The molecule has 0 saturated heterocycles. The lowest BCUT2D eigenvalue weighted by atomic mass is 9.98. The molecule has 1 unspecified atom stereocenters. The van der Waals surface area contributed by atoms with Gasteiger partial charge in [-0.1, -0.05) is 56.8 Å². The fraction of sp³-hybridized carbons (Fsp3) is 0.297. The van der Waals surface area contributed by atoms with Crippen LogP contribution in [0.4, 0.5) is 0 Å². The zero-order valence-corrected chi connectivity index (χ0v) is 26.6. The van der Waals surface area contributed by atoms with E-state index >= 15 is 0 Å². The molecule has 0 amide bonds. The number of rotatable bonds is 19. The maximum Gasteiger partial charge on any atom is 0.330 e. The number of hydrogen-bond donors (Lipinski definition) is 1. The third-order valence-corrected chi connectivity index (χ3v) is 6.52. The van der Waals surface area contributed by atoms with Crippen LogP contribution >= 0.6 is 0 Å². The zero-order chi connectivity index (χ0) is 33.6. The van der Waals surface area contributed by atoms with Crippen LogP contribution in [0.1, 0.15) is 47.7 Å². The summed E-state index contributed by atoms with van der Waals surface area (Å²) in [4.78, 5) is 33.0. The van der Waals surface area contributed by atoms with Gasteiger partial charge in [0.1, 0.15) is 24.4 Å². The Balaban J connectivity index is 0.000000339. The number of aldehydes is 1. The van der Waals surface area contributed by atoms with Gasteiger partial charge in [0.25, 0.3) is 0 Å². The molecule has 9 nitrogen and oxygen atoms in total. The fourth-order valence-electron chi connectivity index (χ4n) is 4.10. The van der Waals surface area contributed by atoms with Gasteiger partial charge >= 0.3 is 11.9 Å². The zero-order valence-electron chi connectivity index (χ0n) is 26.6. The molecule has 0 heterocycles. The molecule has 0 aromatic heterocycles. The van der Waals surface area contributed by atoms with Crippen LogP contribution in [-0.4, -0.2) is 64.1 Å². The molecule has 0 aliphatic rings. The van der Waals surface area contributed by atoms with Crippen molar-refractivity contribution in [2.75, 3.05) is 33.5 Å². The van der Waals surface area contributed by atoms with Crippen molar-refractivity contribution in [1.29, 1.82) is 5.41 Å². The van der Waals surface area contributed by atoms with E-state index < -0.39 is 18.0 Å². The van der Waals surface area contributed by atoms with Crippen molar-refractivity contribution >= 4 is 24.4 Å². The molecular weight excluding hydrogens is 586 g/mol. The molecule has 244 valence electrons. The second kappa shape index (κ2) is 21.6. The van der Waals surface area contributed by atoms with E-state index in [2.05, 4.69) is 44.3 Å². The van der Waals surface area contributed by atoms with Crippen molar-refractivity contribution < 1.29 is 38.1 Å². The van der Waals surface area contributed by atoms with Crippen molar-refractivity contribution in [1.82, 2.24) is 0 Å². The number of methoxy groups -OCH3 is 1. The van der Waals surface area contributed by atoms with E-state index in [9.17, 15) is 14.4 Å². The third kappa shape index (κ3) is 13.7. The Bertz CT molecular complexity index is 1400. The lowest BCUT2D eigenvalue weighted by Crippen LogP contribution is -2.29. The van der Waals surface area contributed by atoms with Gasteiger partial charge in [-0.3, -0.25) is 4.79 Å². The maximum absolute atomic E-state index is 11.4.